The Kier molecular flexibility index (Phi) is 3.79. The van der Waals surface area contributed by atoms with Gasteiger partial charge in [-0.3, -0.25) is 4.79 Å². The molecule has 1 fully saturated rings. The Morgan fingerprint density at radius 3 is 2.45 bits per heavy atom. The third kappa shape index (κ3) is 3.24. The van der Waals surface area contributed by atoms with Crippen LogP contribution in [0, 0.1) is 20.8 Å². The van der Waals surface area contributed by atoms with Crippen molar-refractivity contribution in [3.05, 3.63) is 46.8 Å². The molecule has 0 spiro atoms. The Balaban J connectivity index is 1.87. The first-order chi connectivity index (χ1) is 10.5. The van der Waals surface area contributed by atoms with Crippen LogP contribution in [-0.2, 0) is 0 Å². The predicted molar refractivity (Wildman–Crippen MR) is 86.5 cm³/mol. The summed E-state index contributed by atoms with van der Waals surface area (Å²) in [6.07, 6.45) is 2.12. The van der Waals surface area contributed by atoms with Gasteiger partial charge in [0.25, 0.3) is 5.91 Å². The molecule has 1 saturated carbocycles. The van der Waals surface area contributed by atoms with E-state index in [1.165, 1.54) is 0 Å². The number of anilines is 2. The first-order valence-electron chi connectivity index (χ1n) is 7.53. The quantitative estimate of drug-likeness (QED) is 0.910. The summed E-state index contributed by atoms with van der Waals surface area (Å²) >= 11 is 0. The third-order valence-corrected chi connectivity index (χ3v) is 3.72. The van der Waals surface area contributed by atoms with Gasteiger partial charge in [0.1, 0.15) is 5.69 Å². The maximum atomic E-state index is 12.2. The van der Waals surface area contributed by atoms with Crippen LogP contribution in [0.25, 0.3) is 0 Å². The lowest BCUT2D eigenvalue weighted by Gasteiger charge is -2.12. The second-order valence-electron chi connectivity index (χ2n) is 5.86. The number of aryl methyl sites for hydroxylation is 3. The van der Waals surface area contributed by atoms with E-state index in [2.05, 4.69) is 20.6 Å². The molecule has 0 atom stereocenters. The van der Waals surface area contributed by atoms with E-state index in [-0.39, 0.29) is 5.91 Å². The summed E-state index contributed by atoms with van der Waals surface area (Å²) in [7, 11) is 0. The van der Waals surface area contributed by atoms with Crippen molar-refractivity contribution >= 4 is 17.5 Å². The van der Waals surface area contributed by atoms with E-state index in [0.29, 0.717) is 17.7 Å². The molecule has 0 radical (unpaired) electrons. The highest BCUT2D eigenvalue weighted by molar-refractivity contribution is 5.93. The van der Waals surface area contributed by atoms with Crippen LogP contribution in [0.5, 0.6) is 0 Å². The van der Waals surface area contributed by atoms with Gasteiger partial charge in [-0.05, 0) is 50.8 Å². The monoisotopic (exact) mass is 296 g/mol. The van der Waals surface area contributed by atoms with E-state index in [1.807, 2.05) is 39.0 Å². The summed E-state index contributed by atoms with van der Waals surface area (Å²) < 4.78 is 0. The number of carbonyl (C=O) groups is 1. The van der Waals surface area contributed by atoms with Crippen LogP contribution < -0.4 is 10.6 Å². The van der Waals surface area contributed by atoms with Gasteiger partial charge in [-0.1, -0.05) is 18.2 Å². The number of hydrogen-bond donors (Lipinski definition) is 2. The van der Waals surface area contributed by atoms with Crippen LogP contribution in [-0.4, -0.2) is 21.9 Å². The average molecular weight is 296 g/mol. The molecule has 0 bridgehead atoms. The smallest absolute Gasteiger partial charge is 0.270 e. The maximum absolute atomic E-state index is 12.2. The van der Waals surface area contributed by atoms with Crippen LogP contribution in [0.4, 0.5) is 11.6 Å². The number of nitrogens with zero attached hydrogens (tertiary/aromatic N) is 2. The second-order valence-corrected chi connectivity index (χ2v) is 5.86. The molecule has 5 nitrogen and oxygen atoms in total. The Morgan fingerprint density at radius 1 is 1.14 bits per heavy atom. The molecule has 1 aromatic heterocycles. The summed E-state index contributed by atoms with van der Waals surface area (Å²) in [5.41, 5.74) is 4.41. The first-order valence-corrected chi connectivity index (χ1v) is 7.53. The average Bonchev–Trinajstić information content (AvgIpc) is 3.26. The Bertz CT molecular complexity index is 702. The minimum Gasteiger partial charge on any atom is -0.348 e. The SMILES string of the molecule is Cc1cc(C(=O)NC2CC2)nc(Nc2c(C)cccc2C)n1. The molecule has 5 heteroatoms. The predicted octanol–water partition coefficient (Wildman–Crippen LogP) is 3.04. The van der Waals surface area contributed by atoms with Crippen molar-refractivity contribution in [1.82, 2.24) is 15.3 Å². The van der Waals surface area contributed by atoms with E-state index in [4.69, 9.17) is 0 Å². The zero-order valence-corrected chi connectivity index (χ0v) is 13.1. The van der Waals surface area contributed by atoms with Gasteiger partial charge in [0, 0.05) is 17.4 Å². The number of amides is 1. The van der Waals surface area contributed by atoms with Gasteiger partial charge in [0.15, 0.2) is 0 Å². The lowest BCUT2D eigenvalue weighted by molar-refractivity contribution is 0.0946. The molecular weight excluding hydrogens is 276 g/mol. The van der Waals surface area contributed by atoms with Crippen molar-refractivity contribution in [3.63, 3.8) is 0 Å². The maximum Gasteiger partial charge on any atom is 0.270 e. The summed E-state index contributed by atoms with van der Waals surface area (Å²) in [5.74, 6) is 0.330. The van der Waals surface area contributed by atoms with Crippen LogP contribution >= 0.6 is 0 Å². The van der Waals surface area contributed by atoms with Gasteiger partial charge >= 0.3 is 0 Å². The fourth-order valence-corrected chi connectivity index (χ4v) is 2.35. The van der Waals surface area contributed by atoms with Gasteiger partial charge in [-0.2, -0.15) is 0 Å². The number of rotatable bonds is 4. The van der Waals surface area contributed by atoms with Crippen LogP contribution in [0.2, 0.25) is 0 Å². The van der Waals surface area contributed by atoms with Gasteiger partial charge in [-0.25, -0.2) is 9.97 Å². The van der Waals surface area contributed by atoms with E-state index >= 15 is 0 Å². The molecule has 1 heterocycles. The van der Waals surface area contributed by atoms with Crippen molar-refractivity contribution in [2.24, 2.45) is 0 Å². The van der Waals surface area contributed by atoms with Gasteiger partial charge in [-0.15, -0.1) is 0 Å². The minimum absolute atomic E-state index is 0.127. The Labute approximate surface area is 130 Å². The fraction of sp³-hybridized carbons (Fsp3) is 0.353. The molecule has 3 rings (SSSR count). The van der Waals surface area contributed by atoms with Crippen LogP contribution in [0.3, 0.4) is 0 Å². The number of aromatic nitrogens is 2. The highest BCUT2D eigenvalue weighted by Gasteiger charge is 2.24. The number of hydrogen-bond acceptors (Lipinski definition) is 4. The number of para-hydroxylation sites is 1. The highest BCUT2D eigenvalue weighted by atomic mass is 16.2. The number of nitrogens with one attached hydrogen (secondary N) is 2. The number of benzene rings is 1. The normalized spacial score (nSPS) is 13.8. The van der Waals surface area contributed by atoms with Gasteiger partial charge < -0.3 is 10.6 Å². The molecule has 1 aromatic carbocycles. The van der Waals surface area contributed by atoms with Crippen LogP contribution in [0.1, 0.15) is 40.2 Å². The molecule has 0 saturated heterocycles. The van der Waals surface area contributed by atoms with Crippen molar-refractivity contribution in [2.75, 3.05) is 5.32 Å². The van der Waals surface area contributed by atoms with Gasteiger partial charge in [0.05, 0.1) is 0 Å². The molecule has 2 N–H and O–H groups in total. The Morgan fingerprint density at radius 2 is 1.82 bits per heavy atom. The summed E-state index contributed by atoms with van der Waals surface area (Å²) in [6, 6.07) is 8.12. The lowest BCUT2D eigenvalue weighted by Crippen LogP contribution is -2.26. The first kappa shape index (κ1) is 14.5. The largest absolute Gasteiger partial charge is 0.348 e. The Hall–Kier alpha value is -2.43. The molecule has 114 valence electrons. The summed E-state index contributed by atoms with van der Waals surface area (Å²) in [5, 5.41) is 6.20. The molecule has 2 aromatic rings. The molecule has 1 aliphatic carbocycles. The summed E-state index contributed by atoms with van der Waals surface area (Å²) in [4.78, 5) is 20.9. The van der Waals surface area contributed by atoms with Crippen molar-refractivity contribution in [2.45, 2.75) is 39.7 Å². The van der Waals surface area contributed by atoms with E-state index in [9.17, 15) is 4.79 Å². The van der Waals surface area contributed by atoms with Crippen LogP contribution in [0.15, 0.2) is 24.3 Å². The molecule has 1 amide bonds. The zero-order valence-electron chi connectivity index (χ0n) is 13.1. The van der Waals surface area contributed by atoms with Gasteiger partial charge in [0.2, 0.25) is 5.95 Å². The van der Waals surface area contributed by atoms with E-state index < -0.39 is 0 Å². The summed E-state index contributed by atoms with van der Waals surface area (Å²) in [6.45, 7) is 5.93. The van der Waals surface area contributed by atoms with E-state index in [0.717, 1.165) is 35.3 Å². The zero-order chi connectivity index (χ0) is 15.7. The molecule has 1 aliphatic rings. The standard InChI is InChI=1S/C17H20N4O/c1-10-5-4-6-11(2)15(10)21-17-18-12(3)9-14(20-17)16(22)19-13-7-8-13/h4-6,9,13H,7-8H2,1-3H3,(H,19,22)(H,18,20,21). The second kappa shape index (κ2) is 5.75. The molecule has 0 unspecified atom stereocenters. The number of carbonyl (C=O) groups excluding carboxylic acids is 1. The molecule has 0 aliphatic heterocycles. The fourth-order valence-electron chi connectivity index (χ4n) is 2.35. The molecule has 22 heavy (non-hydrogen) atoms. The topological polar surface area (TPSA) is 66.9 Å². The minimum atomic E-state index is -0.127. The van der Waals surface area contributed by atoms with Crippen molar-refractivity contribution in [1.29, 1.82) is 0 Å². The molecular formula is C17H20N4O. The lowest BCUT2D eigenvalue weighted by atomic mass is 10.1. The van der Waals surface area contributed by atoms with E-state index in [1.54, 1.807) is 6.07 Å². The van der Waals surface area contributed by atoms with Crippen molar-refractivity contribution in [3.8, 4) is 0 Å². The van der Waals surface area contributed by atoms with Crippen molar-refractivity contribution < 1.29 is 4.79 Å². The highest BCUT2D eigenvalue weighted by Crippen LogP contribution is 2.23. The third-order valence-electron chi connectivity index (χ3n) is 3.72.